The number of hydrogen-bond donors (Lipinski definition) is 1. The van der Waals surface area contributed by atoms with Crippen molar-refractivity contribution >= 4 is 11.1 Å². The Morgan fingerprint density at radius 1 is 1.09 bits per heavy atom. The average Bonchev–Trinajstić information content (AvgIpc) is 3.17. The topological polar surface area (TPSA) is 63.8 Å². The van der Waals surface area contributed by atoms with Crippen LogP contribution in [0.5, 0.6) is 0 Å². The largest absolute Gasteiger partial charge is 0.417 e. The lowest BCUT2D eigenvalue weighted by atomic mass is 9.98. The number of hydrogen-bond acceptors (Lipinski definition) is 3. The fourth-order valence-electron chi connectivity index (χ4n) is 2.73. The second-order valence-corrected chi connectivity index (χ2v) is 5.09. The minimum absolute atomic E-state index is 0.0201. The van der Waals surface area contributed by atoms with Gasteiger partial charge in [0, 0.05) is 12.4 Å². The molecule has 4 aromatic rings. The summed E-state index contributed by atoms with van der Waals surface area (Å²) in [4.78, 5) is 18.1. The molecule has 1 unspecified atom stereocenters. The van der Waals surface area contributed by atoms with Gasteiger partial charge < -0.3 is 8.98 Å². The van der Waals surface area contributed by atoms with E-state index in [1.165, 1.54) is 0 Å². The van der Waals surface area contributed by atoms with Gasteiger partial charge in [0.25, 0.3) is 0 Å². The highest BCUT2D eigenvalue weighted by Crippen LogP contribution is 2.28. The summed E-state index contributed by atoms with van der Waals surface area (Å²) in [5.74, 6) is -0.439. The van der Waals surface area contributed by atoms with Gasteiger partial charge in [0.15, 0.2) is 5.58 Å². The van der Waals surface area contributed by atoms with Crippen molar-refractivity contribution in [2.75, 3.05) is 0 Å². The third kappa shape index (κ3) is 2.13. The van der Waals surface area contributed by atoms with E-state index in [0.29, 0.717) is 11.1 Å². The minimum atomic E-state index is -0.439. The number of nitrogens with one attached hydrogen (secondary N) is 1. The number of nitrogens with zero attached hydrogens (tertiary/aromatic N) is 2. The van der Waals surface area contributed by atoms with Crippen molar-refractivity contribution in [3.8, 4) is 0 Å². The molecule has 108 valence electrons. The number of fused-ring (bicyclic) bond motifs is 1. The highest BCUT2D eigenvalue weighted by molar-refractivity contribution is 5.73. The molecule has 1 atom stereocenters. The maximum absolute atomic E-state index is 11.3. The van der Waals surface area contributed by atoms with Crippen LogP contribution >= 0.6 is 0 Å². The average molecular weight is 291 g/mol. The Labute approximate surface area is 125 Å². The zero-order valence-electron chi connectivity index (χ0n) is 11.6. The van der Waals surface area contributed by atoms with Crippen LogP contribution in [-0.4, -0.2) is 14.5 Å². The van der Waals surface area contributed by atoms with Crippen LogP contribution in [0.25, 0.3) is 11.1 Å². The van der Waals surface area contributed by atoms with E-state index in [0.717, 1.165) is 11.1 Å². The van der Waals surface area contributed by atoms with Gasteiger partial charge in [-0.15, -0.1) is 0 Å². The minimum Gasteiger partial charge on any atom is -0.408 e. The molecule has 2 heterocycles. The van der Waals surface area contributed by atoms with Gasteiger partial charge in [-0.2, -0.15) is 0 Å². The third-order valence-electron chi connectivity index (χ3n) is 3.70. The van der Waals surface area contributed by atoms with Crippen molar-refractivity contribution in [2.24, 2.45) is 0 Å². The molecule has 0 aliphatic carbocycles. The van der Waals surface area contributed by atoms with E-state index in [1.807, 2.05) is 47.2 Å². The normalized spacial score (nSPS) is 12.5. The van der Waals surface area contributed by atoms with E-state index in [9.17, 15) is 4.79 Å². The lowest BCUT2D eigenvalue weighted by molar-refractivity contribution is 0.554. The molecule has 0 saturated carbocycles. The molecule has 0 aliphatic rings. The fourth-order valence-corrected chi connectivity index (χ4v) is 2.73. The van der Waals surface area contributed by atoms with Gasteiger partial charge >= 0.3 is 5.76 Å². The number of aromatic amines is 1. The molecular weight excluding hydrogens is 278 g/mol. The van der Waals surface area contributed by atoms with Gasteiger partial charge in [-0.05, 0) is 23.3 Å². The summed E-state index contributed by atoms with van der Waals surface area (Å²) in [5, 5.41) is 0. The summed E-state index contributed by atoms with van der Waals surface area (Å²) >= 11 is 0. The Hall–Kier alpha value is -3.08. The van der Waals surface area contributed by atoms with E-state index >= 15 is 0 Å². The Kier molecular flexibility index (Phi) is 2.89. The van der Waals surface area contributed by atoms with Crippen LogP contribution in [0.3, 0.4) is 0 Å². The molecule has 2 aromatic carbocycles. The second kappa shape index (κ2) is 5.04. The smallest absolute Gasteiger partial charge is 0.408 e. The SMILES string of the molecule is O=c1[nH]c2ccc(C(c3ccccc3)n3ccnc3)cc2o1. The molecule has 0 fully saturated rings. The Balaban J connectivity index is 1.90. The molecule has 0 aliphatic heterocycles. The summed E-state index contributed by atoms with van der Waals surface area (Å²) in [6.07, 6.45) is 5.47. The first kappa shape index (κ1) is 12.6. The van der Waals surface area contributed by atoms with Crippen molar-refractivity contribution in [3.05, 3.63) is 88.9 Å². The molecule has 2 aromatic heterocycles. The van der Waals surface area contributed by atoms with Gasteiger partial charge in [-0.1, -0.05) is 36.4 Å². The van der Waals surface area contributed by atoms with Gasteiger partial charge in [-0.3, -0.25) is 4.98 Å². The predicted molar refractivity (Wildman–Crippen MR) is 82.7 cm³/mol. The standard InChI is InChI=1S/C17H13N3O2/c21-17-19-14-7-6-13(10-15(14)22-17)16(20-9-8-18-11-20)12-4-2-1-3-5-12/h1-11,16H,(H,19,21). The lowest BCUT2D eigenvalue weighted by Gasteiger charge is -2.19. The van der Waals surface area contributed by atoms with Gasteiger partial charge in [0.2, 0.25) is 0 Å². The molecule has 5 nitrogen and oxygen atoms in total. The molecule has 0 spiro atoms. The maximum atomic E-state index is 11.3. The first-order valence-electron chi connectivity index (χ1n) is 6.96. The lowest BCUT2D eigenvalue weighted by Crippen LogP contribution is -2.10. The Morgan fingerprint density at radius 3 is 2.73 bits per heavy atom. The Bertz CT molecular complexity index is 952. The van der Waals surface area contributed by atoms with Crippen molar-refractivity contribution in [3.63, 3.8) is 0 Å². The first-order chi connectivity index (χ1) is 10.8. The maximum Gasteiger partial charge on any atom is 0.417 e. The van der Waals surface area contributed by atoms with Crippen LogP contribution in [0.1, 0.15) is 17.2 Å². The van der Waals surface area contributed by atoms with E-state index in [4.69, 9.17) is 4.42 Å². The molecule has 4 rings (SSSR count). The number of imidazole rings is 1. The van der Waals surface area contributed by atoms with Crippen molar-refractivity contribution < 1.29 is 4.42 Å². The van der Waals surface area contributed by atoms with Crippen LogP contribution in [0.15, 0.2) is 76.5 Å². The van der Waals surface area contributed by atoms with Crippen LogP contribution in [-0.2, 0) is 0 Å². The van der Waals surface area contributed by atoms with Crippen LogP contribution in [0.2, 0.25) is 0 Å². The summed E-state index contributed by atoms with van der Waals surface area (Å²) in [6.45, 7) is 0. The van der Waals surface area contributed by atoms with Gasteiger partial charge in [0.1, 0.15) is 0 Å². The summed E-state index contributed by atoms with van der Waals surface area (Å²) in [7, 11) is 0. The molecule has 0 bridgehead atoms. The van der Waals surface area contributed by atoms with E-state index in [-0.39, 0.29) is 6.04 Å². The van der Waals surface area contributed by atoms with Crippen LogP contribution < -0.4 is 5.76 Å². The molecule has 1 N–H and O–H groups in total. The van der Waals surface area contributed by atoms with Gasteiger partial charge in [0.05, 0.1) is 17.9 Å². The Morgan fingerprint density at radius 2 is 1.95 bits per heavy atom. The molecule has 22 heavy (non-hydrogen) atoms. The number of rotatable bonds is 3. The molecule has 0 saturated heterocycles. The van der Waals surface area contributed by atoms with Crippen molar-refractivity contribution in [1.82, 2.24) is 14.5 Å². The van der Waals surface area contributed by atoms with E-state index in [1.54, 1.807) is 12.5 Å². The molecular formula is C17H13N3O2. The van der Waals surface area contributed by atoms with Crippen LogP contribution in [0.4, 0.5) is 0 Å². The van der Waals surface area contributed by atoms with Crippen molar-refractivity contribution in [2.45, 2.75) is 6.04 Å². The number of benzene rings is 2. The van der Waals surface area contributed by atoms with Crippen LogP contribution in [0, 0.1) is 0 Å². The summed E-state index contributed by atoms with van der Waals surface area (Å²) < 4.78 is 7.20. The second-order valence-electron chi connectivity index (χ2n) is 5.09. The van der Waals surface area contributed by atoms with E-state index < -0.39 is 5.76 Å². The number of H-pyrrole nitrogens is 1. The third-order valence-corrected chi connectivity index (χ3v) is 3.70. The first-order valence-corrected chi connectivity index (χ1v) is 6.96. The van der Waals surface area contributed by atoms with Crippen molar-refractivity contribution in [1.29, 1.82) is 0 Å². The highest BCUT2D eigenvalue weighted by atomic mass is 16.4. The number of oxazole rings is 1. The zero-order valence-corrected chi connectivity index (χ0v) is 11.6. The molecule has 0 amide bonds. The van der Waals surface area contributed by atoms with Gasteiger partial charge in [-0.25, -0.2) is 9.78 Å². The monoisotopic (exact) mass is 291 g/mol. The summed E-state index contributed by atoms with van der Waals surface area (Å²) in [5.41, 5.74) is 3.42. The predicted octanol–water partition coefficient (Wildman–Crippen LogP) is 2.96. The summed E-state index contributed by atoms with van der Waals surface area (Å²) in [6, 6.07) is 15.9. The molecule has 0 radical (unpaired) electrons. The van der Waals surface area contributed by atoms with E-state index in [2.05, 4.69) is 22.1 Å². The highest BCUT2D eigenvalue weighted by Gasteiger charge is 2.17. The zero-order chi connectivity index (χ0) is 14.9. The number of aromatic nitrogens is 3. The molecule has 5 heteroatoms. The quantitative estimate of drug-likeness (QED) is 0.631. The fraction of sp³-hybridized carbons (Fsp3) is 0.0588.